The van der Waals surface area contributed by atoms with Gasteiger partial charge in [0.2, 0.25) is 0 Å². The standard InChI is InChI=1S/C16H18FN3O/c1-2-3-8-19-16(21)12-9-15(11-18-10-12)20-14-6-4-13(17)5-7-14/h4-7,9-11,20H,2-3,8H2,1H3,(H,19,21). The smallest absolute Gasteiger partial charge is 0.252 e. The summed E-state index contributed by atoms with van der Waals surface area (Å²) in [5, 5.41) is 5.93. The molecule has 0 radical (unpaired) electrons. The Kier molecular flexibility index (Phi) is 5.26. The number of aromatic nitrogens is 1. The molecule has 0 saturated heterocycles. The second-order valence-corrected chi connectivity index (χ2v) is 4.70. The maximum absolute atomic E-state index is 12.8. The highest BCUT2D eigenvalue weighted by Crippen LogP contribution is 2.17. The van der Waals surface area contributed by atoms with Crippen LogP contribution in [0.25, 0.3) is 0 Å². The summed E-state index contributed by atoms with van der Waals surface area (Å²) in [6.07, 6.45) is 5.13. The van der Waals surface area contributed by atoms with E-state index in [0.29, 0.717) is 17.8 Å². The van der Waals surface area contributed by atoms with Gasteiger partial charge in [0.25, 0.3) is 5.91 Å². The Morgan fingerprint density at radius 3 is 2.67 bits per heavy atom. The Labute approximate surface area is 123 Å². The summed E-state index contributed by atoms with van der Waals surface area (Å²) in [4.78, 5) is 16.0. The Hall–Kier alpha value is -2.43. The fourth-order valence-electron chi connectivity index (χ4n) is 1.81. The highest BCUT2D eigenvalue weighted by molar-refractivity contribution is 5.94. The second kappa shape index (κ2) is 7.38. The molecule has 0 atom stereocenters. The predicted molar refractivity (Wildman–Crippen MR) is 81.2 cm³/mol. The van der Waals surface area contributed by atoms with Crippen molar-refractivity contribution in [1.82, 2.24) is 10.3 Å². The molecule has 5 heteroatoms. The Balaban J connectivity index is 2.03. The molecular formula is C16H18FN3O. The van der Waals surface area contributed by atoms with Gasteiger partial charge in [-0.3, -0.25) is 9.78 Å². The molecule has 0 aliphatic heterocycles. The molecule has 2 aromatic rings. The number of carbonyl (C=O) groups excluding carboxylic acids is 1. The van der Waals surface area contributed by atoms with Crippen LogP contribution in [-0.4, -0.2) is 17.4 Å². The van der Waals surface area contributed by atoms with Gasteiger partial charge >= 0.3 is 0 Å². The maximum Gasteiger partial charge on any atom is 0.252 e. The number of pyridine rings is 1. The minimum absolute atomic E-state index is 0.140. The molecule has 0 saturated carbocycles. The number of hydrogen-bond acceptors (Lipinski definition) is 3. The molecule has 21 heavy (non-hydrogen) atoms. The quantitative estimate of drug-likeness (QED) is 0.800. The van der Waals surface area contributed by atoms with Crippen LogP contribution >= 0.6 is 0 Å². The highest BCUT2D eigenvalue weighted by atomic mass is 19.1. The van der Waals surface area contributed by atoms with Crippen molar-refractivity contribution in [2.75, 3.05) is 11.9 Å². The third-order valence-electron chi connectivity index (χ3n) is 2.95. The Morgan fingerprint density at radius 1 is 1.19 bits per heavy atom. The number of hydrogen-bond donors (Lipinski definition) is 2. The van der Waals surface area contributed by atoms with Crippen molar-refractivity contribution in [1.29, 1.82) is 0 Å². The van der Waals surface area contributed by atoms with E-state index in [0.717, 1.165) is 18.5 Å². The molecular weight excluding hydrogens is 269 g/mol. The molecule has 4 nitrogen and oxygen atoms in total. The fraction of sp³-hybridized carbons (Fsp3) is 0.250. The van der Waals surface area contributed by atoms with Crippen molar-refractivity contribution in [3.63, 3.8) is 0 Å². The molecule has 0 unspecified atom stereocenters. The number of rotatable bonds is 6. The Bertz CT molecular complexity index is 599. The molecule has 0 bridgehead atoms. The van der Waals surface area contributed by atoms with E-state index < -0.39 is 0 Å². The van der Waals surface area contributed by atoms with E-state index in [-0.39, 0.29) is 11.7 Å². The van der Waals surface area contributed by atoms with Gasteiger partial charge in [0, 0.05) is 18.4 Å². The van der Waals surface area contributed by atoms with Crippen LogP contribution in [0.3, 0.4) is 0 Å². The summed E-state index contributed by atoms with van der Waals surface area (Å²) in [5.74, 6) is -0.429. The zero-order valence-corrected chi connectivity index (χ0v) is 11.9. The lowest BCUT2D eigenvalue weighted by molar-refractivity contribution is 0.0953. The van der Waals surface area contributed by atoms with Gasteiger partial charge in [-0.15, -0.1) is 0 Å². The number of unbranched alkanes of at least 4 members (excludes halogenated alkanes) is 1. The predicted octanol–water partition coefficient (Wildman–Crippen LogP) is 3.49. The van der Waals surface area contributed by atoms with Crippen LogP contribution < -0.4 is 10.6 Å². The van der Waals surface area contributed by atoms with Crippen LogP contribution in [0.4, 0.5) is 15.8 Å². The second-order valence-electron chi connectivity index (χ2n) is 4.70. The van der Waals surface area contributed by atoms with Crippen LogP contribution in [0.2, 0.25) is 0 Å². The fourth-order valence-corrected chi connectivity index (χ4v) is 1.81. The maximum atomic E-state index is 12.8. The molecule has 110 valence electrons. The number of benzene rings is 1. The van der Waals surface area contributed by atoms with Gasteiger partial charge in [0.15, 0.2) is 0 Å². The van der Waals surface area contributed by atoms with E-state index >= 15 is 0 Å². The van der Waals surface area contributed by atoms with Crippen molar-refractivity contribution in [2.24, 2.45) is 0 Å². The normalized spacial score (nSPS) is 10.2. The number of nitrogens with one attached hydrogen (secondary N) is 2. The van der Waals surface area contributed by atoms with E-state index in [9.17, 15) is 9.18 Å². The van der Waals surface area contributed by atoms with E-state index in [1.54, 1.807) is 24.4 Å². The number of carbonyl (C=O) groups is 1. The van der Waals surface area contributed by atoms with Crippen LogP contribution in [-0.2, 0) is 0 Å². The van der Waals surface area contributed by atoms with Gasteiger partial charge in [0.1, 0.15) is 5.82 Å². The topological polar surface area (TPSA) is 54.0 Å². The summed E-state index contributed by atoms with van der Waals surface area (Å²) in [5.41, 5.74) is 1.92. The van der Waals surface area contributed by atoms with Gasteiger partial charge < -0.3 is 10.6 Å². The molecule has 1 aromatic carbocycles. The van der Waals surface area contributed by atoms with Gasteiger partial charge in [-0.25, -0.2) is 4.39 Å². The van der Waals surface area contributed by atoms with Crippen molar-refractivity contribution < 1.29 is 9.18 Å². The molecule has 2 rings (SSSR count). The van der Waals surface area contributed by atoms with Crippen LogP contribution in [0.1, 0.15) is 30.1 Å². The van der Waals surface area contributed by atoms with E-state index in [4.69, 9.17) is 0 Å². The number of halogens is 1. The monoisotopic (exact) mass is 287 g/mol. The van der Waals surface area contributed by atoms with Crippen molar-refractivity contribution in [3.8, 4) is 0 Å². The van der Waals surface area contributed by atoms with Crippen molar-refractivity contribution in [2.45, 2.75) is 19.8 Å². The number of anilines is 2. The Morgan fingerprint density at radius 2 is 1.95 bits per heavy atom. The highest BCUT2D eigenvalue weighted by Gasteiger charge is 2.06. The lowest BCUT2D eigenvalue weighted by Crippen LogP contribution is -2.24. The summed E-state index contributed by atoms with van der Waals surface area (Å²) in [6, 6.07) is 7.72. The molecule has 0 fully saturated rings. The molecule has 2 N–H and O–H groups in total. The first-order valence-electron chi connectivity index (χ1n) is 6.95. The molecule has 0 aliphatic rings. The van der Waals surface area contributed by atoms with E-state index in [2.05, 4.69) is 22.5 Å². The van der Waals surface area contributed by atoms with E-state index in [1.807, 2.05) is 0 Å². The minimum atomic E-state index is -0.289. The van der Waals surface area contributed by atoms with Crippen molar-refractivity contribution in [3.05, 3.63) is 54.1 Å². The summed E-state index contributed by atoms with van der Waals surface area (Å²) < 4.78 is 12.8. The van der Waals surface area contributed by atoms with Gasteiger partial charge in [-0.1, -0.05) is 13.3 Å². The van der Waals surface area contributed by atoms with Crippen LogP contribution in [0.15, 0.2) is 42.7 Å². The molecule has 1 aromatic heterocycles. The summed E-state index contributed by atoms with van der Waals surface area (Å²) >= 11 is 0. The average molecular weight is 287 g/mol. The van der Waals surface area contributed by atoms with Crippen LogP contribution in [0, 0.1) is 5.82 Å². The number of nitrogens with zero attached hydrogens (tertiary/aromatic N) is 1. The number of amides is 1. The van der Waals surface area contributed by atoms with E-state index in [1.165, 1.54) is 18.3 Å². The molecule has 0 aliphatic carbocycles. The molecule has 1 heterocycles. The largest absolute Gasteiger partial charge is 0.354 e. The zero-order chi connectivity index (χ0) is 15.1. The first-order chi connectivity index (χ1) is 10.2. The zero-order valence-electron chi connectivity index (χ0n) is 11.9. The van der Waals surface area contributed by atoms with Crippen molar-refractivity contribution >= 4 is 17.3 Å². The third-order valence-corrected chi connectivity index (χ3v) is 2.95. The van der Waals surface area contributed by atoms with Gasteiger partial charge in [-0.2, -0.15) is 0 Å². The van der Waals surface area contributed by atoms with Gasteiger partial charge in [-0.05, 0) is 36.8 Å². The van der Waals surface area contributed by atoms with Gasteiger partial charge in [0.05, 0.1) is 17.4 Å². The van der Waals surface area contributed by atoms with Crippen LogP contribution in [0.5, 0.6) is 0 Å². The SMILES string of the molecule is CCCCNC(=O)c1cncc(Nc2ccc(F)cc2)c1. The minimum Gasteiger partial charge on any atom is -0.354 e. The molecule has 0 spiro atoms. The lowest BCUT2D eigenvalue weighted by Gasteiger charge is -2.08. The first-order valence-corrected chi connectivity index (χ1v) is 6.95. The average Bonchev–Trinajstić information content (AvgIpc) is 2.50. The molecule has 1 amide bonds. The lowest BCUT2D eigenvalue weighted by atomic mass is 10.2. The first kappa shape index (κ1) is 15.0. The summed E-state index contributed by atoms with van der Waals surface area (Å²) in [7, 11) is 0. The summed E-state index contributed by atoms with van der Waals surface area (Å²) in [6.45, 7) is 2.73. The third kappa shape index (κ3) is 4.56.